The van der Waals surface area contributed by atoms with Crippen molar-refractivity contribution in [2.75, 3.05) is 13.1 Å². The average Bonchev–Trinajstić information content (AvgIpc) is 3.17. The van der Waals surface area contributed by atoms with Gasteiger partial charge < -0.3 is 4.42 Å². The van der Waals surface area contributed by atoms with Gasteiger partial charge in [-0.15, -0.1) is 0 Å². The molecule has 0 unspecified atom stereocenters. The van der Waals surface area contributed by atoms with Crippen LogP contribution in [0.4, 0.5) is 0 Å². The first-order valence-corrected chi connectivity index (χ1v) is 7.84. The number of likely N-dealkylation sites (tertiary alicyclic amines) is 1. The Morgan fingerprint density at radius 3 is 2.91 bits per heavy atom. The third-order valence-corrected chi connectivity index (χ3v) is 4.66. The van der Waals surface area contributed by atoms with E-state index >= 15 is 0 Å². The normalized spacial score (nSPS) is 17.1. The number of piperidine rings is 1. The van der Waals surface area contributed by atoms with Crippen molar-refractivity contribution in [2.45, 2.75) is 25.4 Å². The first-order valence-electron chi connectivity index (χ1n) is 7.84. The number of hydrogen-bond donors (Lipinski definition) is 0. The second-order valence-corrected chi connectivity index (χ2v) is 6.08. The lowest BCUT2D eigenvalue weighted by atomic mass is 10.0. The highest BCUT2D eigenvalue weighted by Gasteiger charge is 2.25. The van der Waals surface area contributed by atoms with Crippen LogP contribution in [-0.2, 0) is 13.6 Å². The summed E-state index contributed by atoms with van der Waals surface area (Å²) < 4.78 is 8.60. The molecule has 0 bridgehead atoms. The minimum atomic E-state index is -0.00576. The van der Waals surface area contributed by atoms with E-state index in [1.54, 1.807) is 30.3 Å². The number of imidazole rings is 1. The summed E-state index contributed by atoms with van der Waals surface area (Å²) in [5.41, 5.74) is 2.71. The Morgan fingerprint density at radius 2 is 2.17 bits per heavy atom. The van der Waals surface area contributed by atoms with E-state index in [9.17, 15) is 4.79 Å². The van der Waals surface area contributed by atoms with Crippen molar-refractivity contribution in [1.29, 1.82) is 0 Å². The van der Waals surface area contributed by atoms with E-state index in [4.69, 9.17) is 4.42 Å². The van der Waals surface area contributed by atoms with E-state index in [0.29, 0.717) is 0 Å². The van der Waals surface area contributed by atoms with Crippen molar-refractivity contribution in [3.63, 3.8) is 0 Å². The van der Waals surface area contributed by atoms with Gasteiger partial charge in [-0.25, -0.2) is 14.8 Å². The summed E-state index contributed by atoms with van der Waals surface area (Å²) in [6, 6.07) is 2.19. The topological polar surface area (TPSA) is 69.1 Å². The molecule has 7 heteroatoms. The quantitative estimate of drug-likeness (QED) is 0.734. The molecule has 0 aromatic carbocycles. The van der Waals surface area contributed by atoms with Gasteiger partial charge in [-0.05, 0) is 18.9 Å². The Balaban J connectivity index is 1.55. The van der Waals surface area contributed by atoms with Crippen LogP contribution in [0, 0.1) is 0 Å². The molecule has 0 radical (unpaired) electrons. The third kappa shape index (κ3) is 2.46. The van der Waals surface area contributed by atoms with Gasteiger partial charge in [-0.1, -0.05) is 0 Å². The average molecular weight is 313 g/mol. The summed E-state index contributed by atoms with van der Waals surface area (Å²) in [5, 5.41) is 0. The van der Waals surface area contributed by atoms with Crippen molar-refractivity contribution in [3.05, 3.63) is 47.2 Å². The molecular formula is C16H19N5O2. The fourth-order valence-electron chi connectivity index (χ4n) is 3.40. The molecule has 1 aliphatic rings. The van der Waals surface area contributed by atoms with Crippen molar-refractivity contribution in [2.24, 2.45) is 7.05 Å². The lowest BCUT2D eigenvalue weighted by Gasteiger charge is -2.32. The molecule has 0 atom stereocenters. The van der Waals surface area contributed by atoms with Crippen LogP contribution in [0.25, 0.3) is 11.2 Å². The molecule has 0 aliphatic carbocycles. The summed E-state index contributed by atoms with van der Waals surface area (Å²) in [6.45, 7) is 2.82. The predicted octanol–water partition coefficient (Wildman–Crippen LogP) is 1.56. The van der Waals surface area contributed by atoms with Gasteiger partial charge in [-0.2, -0.15) is 0 Å². The molecule has 3 aromatic rings. The fraction of sp³-hybridized carbons (Fsp3) is 0.438. The van der Waals surface area contributed by atoms with E-state index in [1.807, 2.05) is 10.6 Å². The summed E-state index contributed by atoms with van der Waals surface area (Å²) in [4.78, 5) is 23.3. The van der Waals surface area contributed by atoms with Gasteiger partial charge in [0.05, 0.1) is 18.7 Å². The van der Waals surface area contributed by atoms with Crippen LogP contribution in [0.1, 0.15) is 24.4 Å². The SMILES string of the molecule is Cn1c(=O)n(C2CCN(Cc3ccoc3)CC2)c2ncncc21. The van der Waals surface area contributed by atoms with Gasteiger partial charge in [0.1, 0.15) is 11.8 Å². The van der Waals surface area contributed by atoms with Crippen LogP contribution in [0.3, 0.4) is 0 Å². The number of rotatable bonds is 3. The fourth-order valence-corrected chi connectivity index (χ4v) is 3.40. The number of aryl methyl sites for hydroxylation is 1. The lowest BCUT2D eigenvalue weighted by molar-refractivity contribution is 0.179. The molecule has 4 rings (SSSR count). The molecule has 1 saturated heterocycles. The zero-order valence-corrected chi connectivity index (χ0v) is 13.1. The largest absolute Gasteiger partial charge is 0.472 e. The summed E-state index contributed by atoms with van der Waals surface area (Å²) in [6.07, 6.45) is 8.60. The van der Waals surface area contributed by atoms with E-state index in [1.165, 1.54) is 11.9 Å². The molecule has 3 aromatic heterocycles. The summed E-state index contributed by atoms with van der Waals surface area (Å²) in [7, 11) is 1.78. The molecular weight excluding hydrogens is 294 g/mol. The number of aromatic nitrogens is 4. The van der Waals surface area contributed by atoms with Crippen LogP contribution in [0.2, 0.25) is 0 Å². The molecule has 0 spiro atoms. The zero-order chi connectivity index (χ0) is 15.8. The Bertz CT molecular complexity index is 856. The van der Waals surface area contributed by atoms with Gasteiger partial charge in [0.2, 0.25) is 0 Å². The monoisotopic (exact) mass is 313 g/mol. The lowest BCUT2D eigenvalue weighted by Crippen LogP contribution is -2.37. The highest BCUT2D eigenvalue weighted by Crippen LogP contribution is 2.25. The maximum absolute atomic E-state index is 12.6. The van der Waals surface area contributed by atoms with Gasteiger partial charge in [0, 0.05) is 38.3 Å². The number of fused-ring (bicyclic) bond motifs is 1. The van der Waals surface area contributed by atoms with Crippen molar-refractivity contribution in [1.82, 2.24) is 24.0 Å². The van der Waals surface area contributed by atoms with Crippen LogP contribution >= 0.6 is 0 Å². The highest BCUT2D eigenvalue weighted by molar-refractivity contribution is 5.70. The predicted molar refractivity (Wildman–Crippen MR) is 85.0 cm³/mol. The maximum Gasteiger partial charge on any atom is 0.330 e. The molecule has 23 heavy (non-hydrogen) atoms. The number of hydrogen-bond acceptors (Lipinski definition) is 5. The molecule has 120 valence electrons. The maximum atomic E-state index is 12.6. The molecule has 1 aliphatic heterocycles. The molecule has 7 nitrogen and oxygen atoms in total. The number of nitrogens with zero attached hydrogens (tertiary/aromatic N) is 5. The molecule has 4 heterocycles. The second kappa shape index (κ2) is 5.66. The van der Waals surface area contributed by atoms with Gasteiger partial charge in [0.15, 0.2) is 5.65 Å². The summed E-state index contributed by atoms with van der Waals surface area (Å²) >= 11 is 0. The first kappa shape index (κ1) is 14.2. The van der Waals surface area contributed by atoms with Crippen LogP contribution < -0.4 is 5.69 Å². The first-order chi connectivity index (χ1) is 11.2. The van der Waals surface area contributed by atoms with Gasteiger partial charge in [0.25, 0.3) is 0 Å². The van der Waals surface area contributed by atoms with Crippen LogP contribution in [-0.4, -0.2) is 37.1 Å². The Morgan fingerprint density at radius 1 is 1.35 bits per heavy atom. The minimum Gasteiger partial charge on any atom is -0.472 e. The Hall–Kier alpha value is -2.41. The minimum absolute atomic E-state index is 0.00576. The molecule has 0 N–H and O–H groups in total. The van der Waals surface area contributed by atoms with Crippen molar-refractivity contribution in [3.8, 4) is 0 Å². The van der Waals surface area contributed by atoms with E-state index in [-0.39, 0.29) is 11.7 Å². The molecule has 1 fully saturated rings. The van der Waals surface area contributed by atoms with Crippen molar-refractivity contribution >= 4 is 11.2 Å². The third-order valence-electron chi connectivity index (χ3n) is 4.66. The standard InChI is InChI=1S/C16H19N5O2/c1-19-14-8-17-11-18-15(14)21(16(19)22)13-2-5-20(6-3-13)9-12-4-7-23-10-12/h4,7-8,10-11,13H,2-3,5-6,9H2,1H3. The second-order valence-electron chi connectivity index (χ2n) is 6.08. The molecule has 0 amide bonds. The number of furan rings is 1. The van der Waals surface area contributed by atoms with Crippen LogP contribution in [0.15, 0.2) is 40.3 Å². The van der Waals surface area contributed by atoms with Crippen molar-refractivity contribution < 1.29 is 4.42 Å². The smallest absolute Gasteiger partial charge is 0.330 e. The Labute approximate surface area is 133 Å². The zero-order valence-electron chi connectivity index (χ0n) is 13.1. The van der Waals surface area contributed by atoms with E-state index < -0.39 is 0 Å². The van der Waals surface area contributed by atoms with E-state index in [0.717, 1.165) is 43.6 Å². The van der Waals surface area contributed by atoms with E-state index in [2.05, 4.69) is 14.9 Å². The van der Waals surface area contributed by atoms with Crippen LogP contribution in [0.5, 0.6) is 0 Å². The van der Waals surface area contributed by atoms with Gasteiger partial charge >= 0.3 is 5.69 Å². The summed E-state index contributed by atoms with van der Waals surface area (Å²) in [5.74, 6) is 0. The highest BCUT2D eigenvalue weighted by atomic mass is 16.3. The van der Waals surface area contributed by atoms with Gasteiger partial charge in [-0.3, -0.25) is 14.0 Å². The Kier molecular flexibility index (Phi) is 3.49. The molecule has 0 saturated carbocycles.